The van der Waals surface area contributed by atoms with Crippen molar-refractivity contribution in [3.05, 3.63) is 51.6 Å². The van der Waals surface area contributed by atoms with Gasteiger partial charge in [-0.25, -0.2) is 4.98 Å². The number of nitrogens with two attached hydrogens (primary N) is 1. The maximum absolute atomic E-state index is 6.18. The summed E-state index contributed by atoms with van der Waals surface area (Å²) in [6.07, 6.45) is 1.72. The number of aryl methyl sites for hydroxylation is 2. The number of pyridine rings is 1. The summed E-state index contributed by atoms with van der Waals surface area (Å²) in [4.78, 5) is 4.54. The van der Waals surface area contributed by atoms with Crippen molar-refractivity contribution in [2.75, 3.05) is 5.73 Å². The Morgan fingerprint density at radius 1 is 1.10 bits per heavy atom. The van der Waals surface area contributed by atoms with Crippen LogP contribution in [-0.2, 0) is 0 Å². The summed E-state index contributed by atoms with van der Waals surface area (Å²) in [5.74, 6) is 0.535. The number of imidazole rings is 1. The van der Waals surface area contributed by atoms with Crippen LogP contribution in [-0.4, -0.2) is 9.38 Å². The summed E-state index contributed by atoms with van der Waals surface area (Å²) in [5, 5.41) is 1.01. The summed E-state index contributed by atoms with van der Waals surface area (Å²) in [7, 11) is 0. The molecule has 0 atom stereocenters. The summed E-state index contributed by atoms with van der Waals surface area (Å²) in [6.45, 7) is 4.14. The van der Waals surface area contributed by atoms with Crippen molar-refractivity contribution in [1.82, 2.24) is 9.38 Å². The molecule has 5 heteroatoms. The van der Waals surface area contributed by atoms with Crippen LogP contribution in [0.3, 0.4) is 0 Å². The highest BCUT2D eigenvalue weighted by Crippen LogP contribution is 2.31. The van der Waals surface area contributed by atoms with Gasteiger partial charge in [-0.2, -0.15) is 0 Å². The first-order valence-corrected chi connectivity index (χ1v) is 6.93. The van der Waals surface area contributed by atoms with Crippen LogP contribution in [0.1, 0.15) is 11.1 Å². The van der Waals surface area contributed by atoms with Gasteiger partial charge in [-0.1, -0.05) is 35.3 Å². The molecule has 0 spiro atoms. The number of anilines is 1. The predicted molar refractivity (Wildman–Crippen MR) is 84.5 cm³/mol. The van der Waals surface area contributed by atoms with E-state index in [2.05, 4.69) is 31.0 Å². The van der Waals surface area contributed by atoms with Gasteiger partial charge < -0.3 is 5.73 Å². The van der Waals surface area contributed by atoms with Crippen LogP contribution in [0.2, 0.25) is 10.0 Å². The second-order valence-corrected chi connectivity index (χ2v) is 5.69. The molecule has 1 aromatic carbocycles. The number of halogens is 2. The maximum atomic E-state index is 6.18. The molecule has 102 valence electrons. The van der Waals surface area contributed by atoms with E-state index in [1.54, 1.807) is 16.7 Å². The van der Waals surface area contributed by atoms with Crippen LogP contribution >= 0.6 is 23.2 Å². The Balaban J connectivity index is 2.29. The Bertz CT molecular complexity index is 822. The third-order valence-electron chi connectivity index (χ3n) is 3.46. The predicted octanol–water partition coefficient (Wildman–Crippen LogP) is 4.51. The molecule has 0 fully saturated rings. The number of fused-ring (bicyclic) bond motifs is 1. The average Bonchev–Trinajstić information content (AvgIpc) is 2.71. The van der Waals surface area contributed by atoms with E-state index in [0.717, 1.165) is 11.3 Å². The fourth-order valence-electron chi connectivity index (χ4n) is 2.19. The van der Waals surface area contributed by atoms with Gasteiger partial charge >= 0.3 is 0 Å². The summed E-state index contributed by atoms with van der Waals surface area (Å²) >= 11 is 12.2. The van der Waals surface area contributed by atoms with Gasteiger partial charge in [0.05, 0.1) is 10.0 Å². The molecule has 0 aliphatic heterocycles. The molecule has 0 saturated carbocycles. The molecule has 3 rings (SSSR count). The minimum atomic E-state index is 0.485. The third-order valence-corrected chi connectivity index (χ3v) is 3.94. The molecule has 2 N–H and O–H groups in total. The molecular weight excluding hydrogens is 293 g/mol. The second kappa shape index (κ2) is 4.69. The summed E-state index contributed by atoms with van der Waals surface area (Å²) in [5.41, 5.74) is 10.9. The van der Waals surface area contributed by atoms with Crippen LogP contribution in [0.5, 0.6) is 0 Å². The molecular formula is C15H13Cl2N3. The molecule has 2 heterocycles. The number of rotatable bonds is 1. The molecule has 0 saturated heterocycles. The lowest BCUT2D eigenvalue weighted by molar-refractivity contribution is 1.20. The minimum Gasteiger partial charge on any atom is -0.383 e. The van der Waals surface area contributed by atoms with Gasteiger partial charge in [-0.3, -0.25) is 4.40 Å². The van der Waals surface area contributed by atoms with Crippen molar-refractivity contribution in [1.29, 1.82) is 0 Å². The van der Waals surface area contributed by atoms with Gasteiger partial charge in [-0.05, 0) is 37.1 Å². The number of nitrogens with zero attached hydrogens (tertiary/aromatic N) is 2. The van der Waals surface area contributed by atoms with Gasteiger partial charge in [-0.15, -0.1) is 0 Å². The monoisotopic (exact) mass is 305 g/mol. The Morgan fingerprint density at radius 2 is 1.85 bits per heavy atom. The Kier molecular flexibility index (Phi) is 3.11. The van der Waals surface area contributed by atoms with E-state index in [-0.39, 0.29) is 0 Å². The highest BCUT2D eigenvalue weighted by Gasteiger charge is 2.14. The lowest BCUT2D eigenvalue weighted by Gasteiger charge is -2.04. The Hall–Kier alpha value is -1.71. The van der Waals surface area contributed by atoms with Gasteiger partial charge in [0.25, 0.3) is 0 Å². The highest BCUT2D eigenvalue weighted by molar-refractivity contribution is 6.36. The second-order valence-electron chi connectivity index (χ2n) is 4.84. The molecule has 0 unspecified atom stereocenters. The zero-order valence-corrected chi connectivity index (χ0v) is 12.6. The lowest BCUT2D eigenvalue weighted by Crippen LogP contribution is -1.94. The Labute approximate surface area is 127 Å². The van der Waals surface area contributed by atoms with Crippen LogP contribution in [0, 0.1) is 13.8 Å². The van der Waals surface area contributed by atoms with Gasteiger partial charge in [0.1, 0.15) is 11.5 Å². The maximum Gasteiger partial charge on any atom is 0.158 e. The zero-order chi connectivity index (χ0) is 14.4. The summed E-state index contributed by atoms with van der Waals surface area (Å²) < 4.78 is 1.72. The van der Waals surface area contributed by atoms with E-state index in [4.69, 9.17) is 28.9 Å². The highest BCUT2D eigenvalue weighted by atomic mass is 35.5. The minimum absolute atomic E-state index is 0.485. The number of benzene rings is 1. The molecule has 0 amide bonds. The SMILES string of the molecule is Cc1ccc(-c2nc3c(Cl)cc(Cl)cn3c2N)cc1C. The van der Waals surface area contributed by atoms with Crippen LogP contribution in [0.25, 0.3) is 16.9 Å². The fraction of sp³-hybridized carbons (Fsp3) is 0.133. The van der Waals surface area contributed by atoms with E-state index < -0.39 is 0 Å². The first-order valence-electron chi connectivity index (χ1n) is 6.17. The van der Waals surface area contributed by atoms with Crippen LogP contribution in [0.4, 0.5) is 5.82 Å². The molecule has 20 heavy (non-hydrogen) atoms. The normalized spacial score (nSPS) is 11.2. The first kappa shape index (κ1) is 13.3. The van der Waals surface area contributed by atoms with Gasteiger partial charge in [0.2, 0.25) is 0 Å². The molecule has 0 radical (unpaired) electrons. The van der Waals surface area contributed by atoms with E-state index in [1.165, 1.54) is 11.1 Å². The van der Waals surface area contributed by atoms with Crippen molar-refractivity contribution in [2.45, 2.75) is 13.8 Å². The fourth-order valence-corrected chi connectivity index (χ4v) is 2.71. The van der Waals surface area contributed by atoms with Gasteiger partial charge in [0.15, 0.2) is 5.65 Å². The first-order chi connectivity index (χ1) is 9.47. The van der Waals surface area contributed by atoms with Crippen molar-refractivity contribution in [2.24, 2.45) is 0 Å². The van der Waals surface area contributed by atoms with Crippen molar-refractivity contribution in [3.8, 4) is 11.3 Å². The number of aromatic nitrogens is 2. The van der Waals surface area contributed by atoms with E-state index in [9.17, 15) is 0 Å². The van der Waals surface area contributed by atoms with Crippen LogP contribution < -0.4 is 5.73 Å². The van der Waals surface area contributed by atoms with Crippen molar-refractivity contribution < 1.29 is 0 Å². The molecule has 0 aliphatic carbocycles. The molecule has 2 aromatic heterocycles. The average molecular weight is 306 g/mol. The zero-order valence-electron chi connectivity index (χ0n) is 11.1. The van der Waals surface area contributed by atoms with E-state index in [1.807, 2.05) is 6.07 Å². The van der Waals surface area contributed by atoms with E-state index >= 15 is 0 Å². The van der Waals surface area contributed by atoms with Crippen molar-refractivity contribution >= 4 is 34.7 Å². The smallest absolute Gasteiger partial charge is 0.158 e. The quantitative estimate of drug-likeness (QED) is 0.719. The topological polar surface area (TPSA) is 43.3 Å². The van der Waals surface area contributed by atoms with Gasteiger partial charge in [0, 0.05) is 11.8 Å². The van der Waals surface area contributed by atoms with Crippen LogP contribution in [0.15, 0.2) is 30.5 Å². The van der Waals surface area contributed by atoms with Crippen molar-refractivity contribution in [3.63, 3.8) is 0 Å². The lowest BCUT2D eigenvalue weighted by atomic mass is 10.0. The molecule has 3 nitrogen and oxygen atoms in total. The van der Waals surface area contributed by atoms with E-state index in [0.29, 0.717) is 21.5 Å². The molecule has 0 aliphatic rings. The standard InChI is InChI=1S/C15H13Cl2N3/c1-8-3-4-10(5-9(8)2)13-14(18)20-7-11(16)6-12(17)15(20)19-13/h3-7H,18H2,1-2H3. The number of hydrogen-bond acceptors (Lipinski definition) is 2. The molecule has 0 bridgehead atoms. The number of hydrogen-bond donors (Lipinski definition) is 1. The number of nitrogen functional groups attached to an aromatic ring is 1. The Morgan fingerprint density at radius 3 is 2.55 bits per heavy atom. The largest absolute Gasteiger partial charge is 0.383 e. The third kappa shape index (κ3) is 2.03. The molecule has 3 aromatic rings. The summed E-state index contributed by atoms with van der Waals surface area (Å²) in [6, 6.07) is 7.80.